The number of carbonyl (C=O) groups is 2. The van der Waals surface area contributed by atoms with Gasteiger partial charge in [0.2, 0.25) is 0 Å². The minimum atomic E-state index is -0.351. The van der Waals surface area contributed by atoms with Gasteiger partial charge in [-0.1, -0.05) is 12.1 Å². The van der Waals surface area contributed by atoms with Crippen molar-refractivity contribution in [1.29, 1.82) is 0 Å². The SMILES string of the molecule is CCOC(=O)C1CCN(CC(=O)N2N=C(c3cccc(OC)c3)CC2c2cc(OC)ccc2OC)CC1. The summed E-state index contributed by atoms with van der Waals surface area (Å²) in [5.74, 6) is 1.71. The molecular formula is C28H35N3O6. The van der Waals surface area contributed by atoms with Gasteiger partial charge in [0.15, 0.2) is 0 Å². The Morgan fingerprint density at radius 1 is 0.973 bits per heavy atom. The molecular weight excluding hydrogens is 474 g/mol. The zero-order chi connectivity index (χ0) is 26.4. The molecule has 4 rings (SSSR count). The number of hydrogen-bond acceptors (Lipinski definition) is 8. The number of hydrogen-bond donors (Lipinski definition) is 0. The van der Waals surface area contributed by atoms with Crippen LogP contribution in [-0.2, 0) is 14.3 Å². The maximum atomic E-state index is 13.7. The molecule has 0 N–H and O–H groups in total. The van der Waals surface area contributed by atoms with Crippen LogP contribution in [-0.4, -0.2) is 75.1 Å². The van der Waals surface area contributed by atoms with E-state index in [1.165, 1.54) is 0 Å². The number of hydrazone groups is 1. The smallest absolute Gasteiger partial charge is 0.309 e. The molecule has 37 heavy (non-hydrogen) atoms. The standard InChI is InChI=1S/C28H35N3O6/c1-5-37-28(33)19-11-13-30(14-12-19)18-27(32)31-25(23-16-22(35-3)9-10-26(23)36-4)17-24(29-31)20-7-6-8-21(15-20)34-2/h6-10,15-16,19,25H,5,11-14,17-18H2,1-4H3. The van der Waals surface area contributed by atoms with Gasteiger partial charge in [-0.05, 0) is 63.2 Å². The lowest BCUT2D eigenvalue weighted by Crippen LogP contribution is -2.43. The third kappa shape index (κ3) is 6.05. The lowest BCUT2D eigenvalue weighted by molar-refractivity contribution is -0.149. The van der Waals surface area contributed by atoms with E-state index < -0.39 is 0 Å². The van der Waals surface area contributed by atoms with E-state index in [0.29, 0.717) is 50.5 Å². The summed E-state index contributed by atoms with van der Waals surface area (Å²) < 4.78 is 21.7. The minimum absolute atomic E-state index is 0.107. The van der Waals surface area contributed by atoms with E-state index >= 15 is 0 Å². The van der Waals surface area contributed by atoms with Crippen molar-refractivity contribution in [3.63, 3.8) is 0 Å². The van der Waals surface area contributed by atoms with Crippen molar-refractivity contribution in [2.75, 3.05) is 47.6 Å². The molecule has 2 aliphatic rings. The summed E-state index contributed by atoms with van der Waals surface area (Å²) in [4.78, 5) is 27.8. The second kappa shape index (κ2) is 12.1. The minimum Gasteiger partial charge on any atom is -0.497 e. The van der Waals surface area contributed by atoms with Crippen LogP contribution < -0.4 is 14.2 Å². The van der Waals surface area contributed by atoms with Crippen molar-refractivity contribution in [1.82, 2.24) is 9.91 Å². The first kappa shape index (κ1) is 26.5. The van der Waals surface area contributed by atoms with E-state index in [1.807, 2.05) is 49.4 Å². The summed E-state index contributed by atoms with van der Waals surface area (Å²) >= 11 is 0. The van der Waals surface area contributed by atoms with Crippen LogP contribution in [0.2, 0.25) is 0 Å². The highest BCUT2D eigenvalue weighted by atomic mass is 16.5. The van der Waals surface area contributed by atoms with Crippen molar-refractivity contribution < 1.29 is 28.5 Å². The first-order valence-electron chi connectivity index (χ1n) is 12.6. The van der Waals surface area contributed by atoms with E-state index in [4.69, 9.17) is 24.0 Å². The predicted octanol–water partition coefficient (Wildman–Crippen LogP) is 3.67. The van der Waals surface area contributed by atoms with Crippen LogP contribution in [0.1, 0.15) is 43.4 Å². The lowest BCUT2D eigenvalue weighted by Gasteiger charge is -2.32. The van der Waals surface area contributed by atoms with Gasteiger partial charge < -0.3 is 18.9 Å². The van der Waals surface area contributed by atoms with Crippen LogP contribution in [0.25, 0.3) is 0 Å². The summed E-state index contributed by atoms with van der Waals surface area (Å²) in [5, 5.41) is 6.38. The number of methoxy groups -OCH3 is 3. The Balaban J connectivity index is 1.57. The summed E-state index contributed by atoms with van der Waals surface area (Å²) in [6, 6.07) is 12.9. The van der Waals surface area contributed by atoms with Gasteiger partial charge in [0.05, 0.1) is 52.2 Å². The average Bonchev–Trinajstić information content (AvgIpc) is 3.39. The average molecular weight is 510 g/mol. The lowest BCUT2D eigenvalue weighted by atomic mass is 9.96. The topological polar surface area (TPSA) is 89.9 Å². The maximum Gasteiger partial charge on any atom is 0.309 e. The van der Waals surface area contributed by atoms with E-state index in [-0.39, 0.29) is 30.4 Å². The van der Waals surface area contributed by atoms with Crippen LogP contribution in [0.15, 0.2) is 47.6 Å². The number of ether oxygens (including phenoxy) is 4. The number of amides is 1. The quantitative estimate of drug-likeness (QED) is 0.477. The molecule has 1 amide bonds. The van der Waals surface area contributed by atoms with Gasteiger partial charge in [0.1, 0.15) is 17.2 Å². The summed E-state index contributed by atoms with van der Waals surface area (Å²) in [6.07, 6.45) is 1.88. The van der Waals surface area contributed by atoms with E-state index in [1.54, 1.807) is 26.3 Å². The highest BCUT2D eigenvalue weighted by molar-refractivity contribution is 6.03. The van der Waals surface area contributed by atoms with Gasteiger partial charge in [-0.2, -0.15) is 5.10 Å². The Kier molecular flexibility index (Phi) is 8.66. The molecule has 9 nitrogen and oxygen atoms in total. The second-order valence-corrected chi connectivity index (χ2v) is 9.15. The molecule has 1 atom stereocenters. The van der Waals surface area contributed by atoms with Crippen LogP contribution in [0.5, 0.6) is 17.2 Å². The zero-order valence-electron chi connectivity index (χ0n) is 21.9. The Hall–Kier alpha value is -3.59. The van der Waals surface area contributed by atoms with Gasteiger partial charge in [0.25, 0.3) is 5.91 Å². The molecule has 1 fully saturated rings. The third-order valence-electron chi connectivity index (χ3n) is 6.93. The molecule has 2 aliphatic heterocycles. The number of carbonyl (C=O) groups excluding carboxylic acids is 2. The highest BCUT2D eigenvalue weighted by Gasteiger charge is 2.36. The second-order valence-electron chi connectivity index (χ2n) is 9.15. The van der Waals surface area contributed by atoms with Crippen molar-refractivity contribution in [3.8, 4) is 17.2 Å². The number of benzene rings is 2. The number of esters is 1. The molecule has 0 aromatic heterocycles. The highest BCUT2D eigenvalue weighted by Crippen LogP contribution is 2.39. The Labute approximate surface area is 217 Å². The van der Waals surface area contributed by atoms with Crippen molar-refractivity contribution in [2.45, 2.75) is 32.2 Å². The first-order chi connectivity index (χ1) is 18.0. The first-order valence-corrected chi connectivity index (χ1v) is 12.6. The summed E-state index contributed by atoms with van der Waals surface area (Å²) in [5.41, 5.74) is 2.53. The molecule has 2 aromatic carbocycles. The monoisotopic (exact) mass is 509 g/mol. The normalized spacial score (nSPS) is 18.3. The van der Waals surface area contributed by atoms with Gasteiger partial charge >= 0.3 is 5.97 Å². The number of piperidine rings is 1. The van der Waals surface area contributed by atoms with Crippen LogP contribution >= 0.6 is 0 Å². The molecule has 198 valence electrons. The van der Waals surface area contributed by atoms with E-state index in [9.17, 15) is 9.59 Å². The van der Waals surface area contributed by atoms with Gasteiger partial charge in [-0.25, -0.2) is 5.01 Å². The molecule has 0 radical (unpaired) electrons. The molecule has 1 saturated heterocycles. The fourth-order valence-corrected chi connectivity index (χ4v) is 4.91. The van der Waals surface area contributed by atoms with Gasteiger partial charge in [0, 0.05) is 17.5 Å². The van der Waals surface area contributed by atoms with Crippen LogP contribution in [0, 0.1) is 5.92 Å². The Morgan fingerprint density at radius 3 is 2.38 bits per heavy atom. The fourth-order valence-electron chi connectivity index (χ4n) is 4.91. The molecule has 9 heteroatoms. The third-order valence-corrected chi connectivity index (χ3v) is 6.93. The Morgan fingerprint density at radius 2 is 1.70 bits per heavy atom. The van der Waals surface area contributed by atoms with Crippen molar-refractivity contribution in [2.24, 2.45) is 11.0 Å². The zero-order valence-corrected chi connectivity index (χ0v) is 21.9. The van der Waals surface area contributed by atoms with Gasteiger partial charge in [-0.15, -0.1) is 0 Å². The summed E-state index contributed by atoms with van der Waals surface area (Å²) in [7, 11) is 4.85. The van der Waals surface area contributed by atoms with Crippen molar-refractivity contribution >= 4 is 17.6 Å². The van der Waals surface area contributed by atoms with Gasteiger partial charge in [-0.3, -0.25) is 14.5 Å². The molecule has 2 aromatic rings. The number of nitrogens with zero attached hydrogens (tertiary/aromatic N) is 3. The number of likely N-dealkylation sites (tertiary alicyclic amines) is 1. The molecule has 0 aliphatic carbocycles. The van der Waals surface area contributed by atoms with Crippen LogP contribution in [0.4, 0.5) is 0 Å². The number of rotatable bonds is 9. The van der Waals surface area contributed by atoms with E-state index in [2.05, 4.69) is 4.90 Å². The molecule has 0 bridgehead atoms. The maximum absolute atomic E-state index is 13.7. The Bertz CT molecular complexity index is 1140. The molecule has 0 spiro atoms. The van der Waals surface area contributed by atoms with Crippen LogP contribution in [0.3, 0.4) is 0 Å². The molecule has 2 heterocycles. The largest absolute Gasteiger partial charge is 0.497 e. The predicted molar refractivity (Wildman–Crippen MR) is 139 cm³/mol. The fraction of sp³-hybridized carbons (Fsp3) is 0.464. The summed E-state index contributed by atoms with van der Waals surface area (Å²) in [6.45, 7) is 3.73. The van der Waals surface area contributed by atoms with E-state index in [0.717, 1.165) is 22.6 Å². The van der Waals surface area contributed by atoms with Crippen molar-refractivity contribution in [3.05, 3.63) is 53.6 Å². The molecule has 0 saturated carbocycles. The molecule has 1 unspecified atom stereocenters.